The largest absolute Gasteiger partial charge is 0.451 e. The molecule has 0 fully saturated rings. The van der Waals surface area contributed by atoms with Gasteiger partial charge < -0.3 is 9.73 Å². The van der Waals surface area contributed by atoms with E-state index in [0.717, 1.165) is 10.2 Å². The van der Waals surface area contributed by atoms with Gasteiger partial charge in [0, 0.05) is 15.1 Å². The van der Waals surface area contributed by atoms with Crippen LogP contribution in [0.1, 0.15) is 10.6 Å². The molecule has 0 aliphatic carbocycles. The Morgan fingerprint density at radius 3 is 2.58 bits per heavy atom. The summed E-state index contributed by atoms with van der Waals surface area (Å²) in [5.41, 5.74) is 1.38. The molecule has 0 unspecified atom stereocenters. The number of anilines is 1. The predicted octanol–water partition coefficient (Wildman–Crippen LogP) is 6.14. The molecule has 1 heterocycles. The maximum absolute atomic E-state index is 12.3. The summed E-state index contributed by atoms with van der Waals surface area (Å²) < 4.78 is 6.42. The molecule has 1 aromatic heterocycles. The van der Waals surface area contributed by atoms with Crippen LogP contribution in [-0.4, -0.2) is 11.0 Å². The van der Waals surface area contributed by atoms with Crippen LogP contribution in [0.3, 0.4) is 0 Å². The predicted molar refractivity (Wildman–Crippen MR) is 112 cm³/mol. The number of furan rings is 1. The van der Waals surface area contributed by atoms with Crippen LogP contribution in [-0.2, 0) is 0 Å². The van der Waals surface area contributed by atoms with Crippen molar-refractivity contribution < 1.29 is 9.21 Å². The minimum absolute atomic E-state index is 0.113. The molecule has 2 N–H and O–H groups in total. The molecule has 2 aromatic carbocycles. The van der Waals surface area contributed by atoms with Crippen LogP contribution in [0, 0.1) is 0 Å². The van der Waals surface area contributed by atoms with E-state index < -0.39 is 5.91 Å². The fourth-order valence-corrected chi connectivity index (χ4v) is 3.26. The van der Waals surface area contributed by atoms with Gasteiger partial charge in [-0.25, -0.2) is 0 Å². The lowest BCUT2D eigenvalue weighted by molar-refractivity contribution is 0.0951. The minimum Gasteiger partial charge on any atom is -0.451 e. The highest BCUT2D eigenvalue weighted by molar-refractivity contribution is 9.10. The van der Waals surface area contributed by atoms with Gasteiger partial charge in [0.2, 0.25) is 0 Å². The molecule has 3 aromatic rings. The van der Waals surface area contributed by atoms with E-state index in [9.17, 15) is 4.79 Å². The first-order valence-electron chi connectivity index (χ1n) is 7.36. The summed E-state index contributed by atoms with van der Waals surface area (Å²) in [7, 11) is 0. The summed E-state index contributed by atoms with van der Waals surface area (Å²) in [6.07, 6.45) is 0. The van der Waals surface area contributed by atoms with E-state index in [4.69, 9.17) is 39.8 Å². The van der Waals surface area contributed by atoms with Gasteiger partial charge in [0.1, 0.15) is 5.76 Å². The van der Waals surface area contributed by atoms with Gasteiger partial charge in [-0.2, -0.15) is 0 Å². The number of hydrogen-bond donors (Lipinski definition) is 2. The van der Waals surface area contributed by atoms with Crippen molar-refractivity contribution in [2.24, 2.45) is 0 Å². The number of thiocarbonyl (C=S) groups is 1. The molecule has 4 nitrogen and oxygen atoms in total. The molecular formula is C18H11BrCl2N2O2S. The molecule has 1 amide bonds. The van der Waals surface area contributed by atoms with Gasteiger partial charge in [-0.1, -0.05) is 35.3 Å². The fraction of sp³-hybridized carbons (Fsp3) is 0. The van der Waals surface area contributed by atoms with E-state index in [2.05, 4.69) is 26.6 Å². The van der Waals surface area contributed by atoms with Crippen LogP contribution in [0.4, 0.5) is 5.69 Å². The molecule has 0 spiro atoms. The number of hydrogen-bond acceptors (Lipinski definition) is 3. The number of carbonyl (C=O) groups excluding carboxylic acids is 1. The molecule has 0 saturated heterocycles. The van der Waals surface area contributed by atoms with Crippen molar-refractivity contribution >= 4 is 68.1 Å². The van der Waals surface area contributed by atoms with E-state index in [1.165, 1.54) is 0 Å². The highest BCUT2D eigenvalue weighted by atomic mass is 79.9. The molecule has 0 aliphatic heterocycles. The van der Waals surface area contributed by atoms with Crippen LogP contribution in [0.2, 0.25) is 10.0 Å². The molecular weight excluding hydrogens is 459 g/mol. The molecule has 0 saturated carbocycles. The van der Waals surface area contributed by atoms with E-state index in [-0.39, 0.29) is 10.9 Å². The van der Waals surface area contributed by atoms with Crippen LogP contribution in [0.15, 0.2) is 63.5 Å². The lowest BCUT2D eigenvalue weighted by atomic mass is 10.2. The standard InChI is InChI=1S/C18H11BrCl2N2O2S/c19-12-3-1-2-4-14(12)22-18(26)23-17(24)16-8-7-15(25-16)11-6-5-10(20)9-13(11)21/h1-9H,(H2,22,23,24,26). The number of nitrogens with one attached hydrogen (secondary N) is 2. The monoisotopic (exact) mass is 468 g/mol. The minimum atomic E-state index is -0.467. The Hall–Kier alpha value is -1.86. The fourth-order valence-electron chi connectivity index (χ4n) is 2.17. The Labute approximate surface area is 173 Å². The first-order chi connectivity index (χ1) is 12.4. The topological polar surface area (TPSA) is 54.3 Å². The van der Waals surface area contributed by atoms with Gasteiger partial charge in [0.05, 0.1) is 10.7 Å². The maximum Gasteiger partial charge on any atom is 0.293 e. The van der Waals surface area contributed by atoms with Crippen molar-refractivity contribution in [1.82, 2.24) is 5.32 Å². The van der Waals surface area contributed by atoms with Gasteiger partial charge >= 0.3 is 0 Å². The average Bonchev–Trinajstić information content (AvgIpc) is 3.07. The van der Waals surface area contributed by atoms with E-state index in [0.29, 0.717) is 21.4 Å². The quantitative estimate of drug-likeness (QED) is 0.452. The van der Waals surface area contributed by atoms with Crippen molar-refractivity contribution in [3.63, 3.8) is 0 Å². The molecule has 0 radical (unpaired) electrons. The van der Waals surface area contributed by atoms with Gasteiger partial charge in [0.15, 0.2) is 10.9 Å². The Morgan fingerprint density at radius 1 is 1.08 bits per heavy atom. The zero-order valence-electron chi connectivity index (χ0n) is 13.1. The van der Waals surface area contributed by atoms with Gasteiger partial charge in [-0.15, -0.1) is 0 Å². The normalized spacial score (nSPS) is 10.4. The van der Waals surface area contributed by atoms with Crippen molar-refractivity contribution in [2.45, 2.75) is 0 Å². The first kappa shape index (κ1) is 18.9. The molecule has 8 heteroatoms. The zero-order chi connectivity index (χ0) is 18.7. The third kappa shape index (κ3) is 4.45. The summed E-state index contributed by atoms with van der Waals surface area (Å²) in [6, 6.07) is 15.7. The first-order valence-corrected chi connectivity index (χ1v) is 9.32. The lowest BCUT2D eigenvalue weighted by Gasteiger charge is -2.10. The second kappa shape index (κ2) is 8.22. The summed E-state index contributed by atoms with van der Waals surface area (Å²) in [5.74, 6) is 0.106. The van der Waals surface area contributed by atoms with E-state index in [1.54, 1.807) is 30.3 Å². The Bertz CT molecular complexity index is 991. The number of halogens is 3. The van der Waals surface area contributed by atoms with Crippen molar-refractivity contribution in [1.29, 1.82) is 0 Å². The molecule has 26 heavy (non-hydrogen) atoms. The molecule has 132 valence electrons. The molecule has 3 rings (SSSR count). The van der Waals surface area contributed by atoms with Gasteiger partial charge in [0.25, 0.3) is 5.91 Å². The average molecular weight is 470 g/mol. The SMILES string of the molecule is O=C(NC(=S)Nc1ccccc1Br)c1ccc(-c2ccc(Cl)cc2Cl)o1. The number of carbonyl (C=O) groups is 1. The Morgan fingerprint density at radius 2 is 1.85 bits per heavy atom. The van der Waals surface area contributed by atoms with Gasteiger partial charge in [-0.3, -0.25) is 10.1 Å². The van der Waals surface area contributed by atoms with E-state index >= 15 is 0 Å². The Balaban J connectivity index is 1.70. The zero-order valence-corrected chi connectivity index (χ0v) is 17.0. The summed E-state index contributed by atoms with van der Waals surface area (Å²) in [6.45, 7) is 0. The van der Waals surface area contributed by atoms with Crippen molar-refractivity contribution in [2.75, 3.05) is 5.32 Å². The number of para-hydroxylation sites is 1. The third-order valence-electron chi connectivity index (χ3n) is 3.38. The van der Waals surface area contributed by atoms with Gasteiger partial charge in [-0.05, 0) is 70.6 Å². The third-order valence-corrected chi connectivity index (χ3v) is 4.82. The van der Waals surface area contributed by atoms with Crippen molar-refractivity contribution in [3.05, 3.63) is 74.9 Å². The van der Waals surface area contributed by atoms with Crippen LogP contribution in [0.25, 0.3) is 11.3 Å². The summed E-state index contributed by atoms with van der Waals surface area (Å²) in [4.78, 5) is 12.3. The molecule has 0 atom stereocenters. The molecule has 0 bridgehead atoms. The highest BCUT2D eigenvalue weighted by Crippen LogP contribution is 2.31. The van der Waals surface area contributed by atoms with Crippen LogP contribution in [0.5, 0.6) is 0 Å². The Kier molecular flexibility index (Phi) is 5.98. The number of amides is 1. The van der Waals surface area contributed by atoms with Crippen LogP contribution < -0.4 is 10.6 Å². The lowest BCUT2D eigenvalue weighted by Crippen LogP contribution is -2.33. The molecule has 0 aliphatic rings. The summed E-state index contributed by atoms with van der Waals surface area (Å²) >= 11 is 20.6. The number of benzene rings is 2. The summed E-state index contributed by atoms with van der Waals surface area (Å²) in [5, 5.41) is 6.63. The second-order valence-corrected chi connectivity index (χ2v) is 7.28. The maximum atomic E-state index is 12.3. The smallest absolute Gasteiger partial charge is 0.293 e. The number of rotatable bonds is 3. The van der Waals surface area contributed by atoms with Crippen LogP contribution >= 0.6 is 51.3 Å². The van der Waals surface area contributed by atoms with Crippen molar-refractivity contribution in [3.8, 4) is 11.3 Å². The second-order valence-electron chi connectivity index (χ2n) is 5.18. The van der Waals surface area contributed by atoms with E-state index in [1.807, 2.05) is 24.3 Å². The highest BCUT2D eigenvalue weighted by Gasteiger charge is 2.15.